The van der Waals surface area contributed by atoms with Crippen molar-refractivity contribution in [3.8, 4) is 11.3 Å². The molecule has 1 aliphatic rings. The van der Waals surface area contributed by atoms with Crippen LogP contribution in [0.25, 0.3) is 11.3 Å². The number of carbonyl (C=O) groups is 1. The van der Waals surface area contributed by atoms with Crippen molar-refractivity contribution in [2.24, 2.45) is 0 Å². The molecule has 1 fully saturated rings. The Morgan fingerprint density at radius 2 is 2.00 bits per heavy atom. The molecular formula is C22H24FN5O. The number of anilines is 2. The van der Waals surface area contributed by atoms with Crippen LogP contribution in [0.3, 0.4) is 0 Å². The van der Waals surface area contributed by atoms with E-state index in [1.807, 2.05) is 49.3 Å². The first-order valence-electron chi connectivity index (χ1n) is 9.64. The van der Waals surface area contributed by atoms with E-state index in [4.69, 9.17) is 0 Å². The molecule has 0 radical (unpaired) electrons. The summed E-state index contributed by atoms with van der Waals surface area (Å²) >= 11 is 0. The third kappa shape index (κ3) is 4.23. The quantitative estimate of drug-likeness (QED) is 0.698. The van der Waals surface area contributed by atoms with E-state index in [2.05, 4.69) is 20.4 Å². The van der Waals surface area contributed by atoms with Crippen molar-refractivity contribution >= 4 is 17.4 Å². The van der Waals surface area contributed by atoms with E-state index in [1.54, 1.807) is 12.1 Å². The van der Waals surface area contributed by atoms with Gasteiger partial charge in [0.05, 0.1) is 5.69 Å². The van der Waals surface area contributed by atoms with Crippen LogP contribution in [0.15, 0.2) is 54.6 Å². The number of carbonyl (C=O) groups excluding carboxylic acids is 1. The topological polar surface area (TPSA) is 64.3 Å². The van der Waals surface area contributed by atoms with Gasteiger partial charge in [-0.3, -0.25) is 9.89 Å². The molecule has 150 valence electrons. The molecule has 1 saturated heterocycles. The van der Waals surface area contributed by atoms with Crippen LogP contribution in [0.5, 0.6) is 0 Å². The third-order valence-corrected chi connectivity index (χ3v) is 5.19. The maximum atomic E-state index is 13.1. The summed E-state index contributed by atoms with van der Waals surface area (Å²) in [6, 6.07) is 15.9. The zero-order chi connectivity index (χ0) is 20.4. The Kier molecular flexibility index (Phi) is 5.20. The van der Waals surface area contributed by atoms with Gasteiger partial charge >= 0.3 is 0 Å². The first kappa shape index (κ1) is 19.0. The van der Waals surface area contributed by atoms with Crippen molar-refractivity contribution in [1.82, 2.24) is 15.5 Å². The van der Waals surface area contributed by atoms with Crippen LogP contribution < -0.4 is 15.1 Å². The summed E-state index contributed by atoms with van der Waals surface area (Å²) in [5.41, 5.74) is 3.38. The minimum absolute atomic E-state index is 0.0606. The molecule has 6 nitrogen and oxygen atoms in total. The number of halogens is 1. The molecule has 4 rings (SSSR count). The lowest BCUT2D eigenvalue weighted by molar-refractivity contribution is 0.0940. The molecule has 3 aromatic rings. The average molecular weight is 393 g/mol. The number of nitrogens with zero attached hydrogens (tertiary/aromatic N) is 3. The number of hydrogen-bond donors (Lipinski definition) is 2. The number of rotatable bonds is 5. The third-order valence-electron chi connectivity index (χ3n) is 5.19. The van der Waals surface area contributed by atoms with Crippen molar-refractivity contribution in [2.45, 2.75) is 12.5 Å². The molecule has 0 spiro atoms. The number of aromatic nitrogens is 2. The summed E-state index contributed by atoms with van der Waals surface area (Å²) in [7, 11) is 3.91. The number of hydrogen-bond acceptors (Lipinski definition) is 4. The minimum Gasteiger partial charge on any atom is -0.378 e. The Bertz CT molecular complexity index is 998. The number of benzene rings is 2. The Morgan fingerprint density at radius 1 is 1.21 bits per heavy atom. The largest absolute Gasteiger partial charge is 0.378 e. The van der Waals surface area contributed by atoms with E-state index in [-0.39, 0.29) is 17.8 Å². The lowest BCUT2D eigenvalue weighted by Crippen LogP contribution is -2.37. The van der Waals surface area contributed by atoms with E-state index >= 15 is 0 Å². The zero-order valence-electron chi connectivity index (χ0n) is 16.5. The highest BCUT2D eigenvalue weighted by Gasteiger charge is 2.26. The fourth-order valence-corrected chi connectivity index (χ4v) is 3.53. The van der Waals surface area contributed by atoms with Crippen molar-refractivity contribution in [1.29, 1.82) is 0 Å². The van der Waals surface area contributed by atoms with Gasteiger partial charge in [-0.15, -0.1) is 0 Å². The molecule has 2 aromatic carbocycles. The van der Waals surface area contributed by atoms with E-state index < -0.39 is 0 Å². The predicted molar refractivity (Wildman–Crippen MR) is 113 cm³/mol. The molecular weight excluding hydrogens is 369 g/mol. The Labute approximate surface area is 169 Å². The molecule has 29 heavy (non-hydrogen) atoms. The van der Waals surface area contributed by atoms with E-state index in [9.17, 15) is 9.18 Å². The molecule has 0 saturated carbocycles. The van der Waals surface area contributed by atoms with Gasteiger partial charge in [-0.25, -0.2) is 4.39 Å². The van der Waals surface area contributed by atoms with Crippen molar-refractivity contribution in [3.05, 3.63) is 66.0 Å². The Hall–Kier alpha value is -3.35. The summed E-state index contributed by atoms with van der Waals surface area (Å²) in [6.07, 6.45) is 0.859. The molecule has 0 aliphatic carbocycles. The summed E-state index contributed by atoms with van der Waals surface area (Å²) in [6.45, 7) is 1.52. The van der Waals surface area contributed by atoms with Crippen LogP contribution in [-0.4, -0.2) is 49.3 Å². The Morgan fingerprint density at radius 3 is 2.76 bits per heavy atom. The van der Waals surface area contributed by atoms with Gasteiger partial charge in [0.25, 0.3) is 5.91 Å². The lowest BCUT2D eigenvalue weighted by Gasteiger charge is -2.17. The van der Waals surface area contributed by atoms with Crippen LogP contribution in [-0.2, 0) is 0 Å². The zero-order valence-corrected chi connectivity index (χ0v) is 16.5. The van der Waals surface area contributed by atoms with Crippen LogP contribution in [0, 0.1) is 5.82 Å². The highest BCUT2D eigenvalue weighted by atomic mass is 19.1. The van der Waals surface area contributed by atoms with Gasteiger partial charge in [0.1, 0.15) is 5.82 Å². The van der Waals surface area contributed by atoms with Gasteiger partial charge < -0.3 is 15.1 Å². The molecule has 0 unspecified atom stereocenters. The van der Waals surface area contributed by atoms with Crippen molar-refractivity contribution < 1.29 is 9.18 Å². The van der Waals surface area contributed by atoms with Gasteiger partial charge in [0, 0.05) is 50.5 Å². The molecule has 1 aromatic heterocycles. The minimum atomic E-state index is -0.261. The maximum Gasteiger partial charge on any atom is 0.251 e. The Balaban J connectivity index is 1.39. The summed E-state index contributed by atoms with van der Waals surface area (Å²) in [4.78, 5) is 16.8. The van der Waals surface area contributed by atoms with Crippen LogP contribution in [0.1, 0.15) is 16.8 Å². The van der Waals surface area contributed by atoms with Crippen LogP contribution in [0.2, 0.25) is 0 Å². The second kappa shape index (κ2) is 7.95. The van der Waals surface area contributed by atoms with E-state index in [0.717, 1.165) is 35.7 Å². The highest BCUT2D eigenvalue weighted by Crippen LogP contribution is 2.25. The fourth-order valence-electron chi connectivity index (χ4n) is 3.53. The summed E-state index contributed by atoms with van der Waals surface area (Å²) in [5, 5.41) is 10.5. The fraction of sp³-hybridized carbons (Fsp3) is 0.273. The van der Waals surface area contributed by atoms with Gasteiger partial charge in [-0.1, -0.05) is 6.07 Å². The second-order valence-corrected chi connectivity index (χ2v) is 7.50. The molecule has 1 amide bonds. The van der Waals surface area contributed by atoms with E-state index in [0.29, 0.717) is 12.1 Å². The molecule has 1 aliphatic heterocycles. The molecule has 2 heterocycles. The number of H-pyrrole nitrogens is 1. The first-order valence-corrected chi connectivity index (χ1v) is 9.64. The molecule has 7 heteroatoms. The normalized spacial score (nSPS) is 16.1. The smallest absolute Gasteiger partial charge is 0.251 e. The van der Waals surface area contributed by atoms with Crippen LogP contribution >= 0.6 is 0 Å². The summed E-state index contributed by atoms with van der Waals surface area (Å²) in [5.74, 6) is 0.507. The SMILES string of the molecule is CN(C)c1cccc(C(=O)N[C@@H]2CCN(c3cc(-c4ccc(F)cc4)[nH]n3)C2)c1. The van der Waals surface area contributed by atoms with Gasteiger partial charge in [-0.2, -0.15) is 5.10 Å². The van der Waals surface area contributed by atoms with E-state index in [1.165, 1.54) is 12.1 Å². The number of nitrogens with one attached hydrogen (secondary N) is 2. The number of aromatic amines is 1. The second-order valence-electron chi connectivity index (χ2n) is 7.50. The van der Waals surface area contributed by atoms with Crippen LogP contribution in [0.4, 0.5) is 15.9 Å². The van der Waals surface area contributed by atoms with Gasteiger partial charge in [0.2, 0.25) is 0 Å². The molecule has 1 atom stereocenters. The number of amides is 1. The van der Waals surface area contributed by atoms with Crippen molar-refractivity contribution in [3.63, 3.8) is 0 Å². The van der Waals surface area contributed by atoms with Crippen molar-refractivity contribution in [2.75, 3.05) is 37.0 Å². The molecule has 2 N–H and O–H groups in total. The summed E-state index contributed by atoms with van der Waals surface area (Å²) < 4.78 is 13.1. The monoisotopic (exact) mass is 393 g/mol. The first-order chi connectivity index (χ1) is 14.0. The van der Waals surface area contributed by atoms with Gasteiger partial charge in [0.15, 0.2) is 5.82 Å². The standard InChI is InChI=1S/C22H24FN5O/c1-27(2)19-5-3-4-16(12-19)22(29)24-18-10-11-28(14-18)21-13-20(25-26-21)15-6-8-17(23)9-7-15/h3-9,12-13,18H,10-11,14H2,1-2H3,(H,24,29)(H,25,26)/t18-/m1/s1. The maximum absolute atomic E-state index is 13.1. The molecule has 0 bridgehead atoms. The predicted octanol–water partition coefficient (Wildman–Crippen LogP) is 3.29. The average Bonchev–Trinajstić information content (AvgIpc) is 3.38. The highest BCUT2D eigenvalue weighted by molar-refractivity contribution is 5.95. The van der Waals surface area contributed by atoms with Gasteiger partial charge in [-0.05, 0) is 54.4 Å². The lowest BCUT2D eigenvalue weighted by atomic mass is 10.1.